The van der Waals surface area contributed by atoms with Gasteiger partial charge in [-0.1, -0.05) is 47.5 Å². The Morgan fingerprint density at radius 1 is 1.05 bits per heavy atom. The SMILES string of the molecule is Cc1ccc(S(=O)(=O)N(CC(=O)NC(C)COc2ccccc2C)c2ccc(Cl)c(C(F)(F)F)c2)cc1. The Hall–Kier alpha value is -3.24. The number of aryl methyl sites for hydroxylation is 2. The minimum absolute atomic E-state index is 0.0977. The Labute approximate surface area is 219 Å². The summed E-state index contributed by atoms with van der Waals surface area (Å²) in [6.07, 6.45) is -4.82. The molecule has 0 spiro atoms. The summed E-state index contributed by atoms with van der Waals surface area (Å²) in [6.45, 7) is 4.63. The number of benzene rings is 3. The van der Waals surface area contributed by atoms with Crippen molar-refractivity contribution in [3.63, 3.8) is 0 Å². The van der Waals surface area contributed by atoms with Crippen molar-refractivity contribution < 1.29 is 31.1 Å². The third-order valence-corrected chi connectivity index (χ3v) is 7.55. The van der Waals surface area contributed by atoms with Crippen molar-refractivity contribution in [1.29, 1.82) is 0 Å². The van der Waals surface area contributed by atoms with Crippen LogP contribution in [0.25, 0.3) is 0 Å². The number of nitrogens with one attached hydrogen (secondary N) is 1. The zero-order chi connectivity index (χ0) is 27.4. The van der Waals surface area contributed by atoms with E-state index in [1.54, 1.807) is 38.1 Å². The van der Waals surface area contributed by atoms with Crippen LogP contribution in [0.2, 0.25) is 5.02 Å². The summed E-state index contributed by atoms with van der Waals surface area (Å²) in [4.78, 5) is 12.7. The Morgan fingerprint density at radius 3 is 2.32 bits per heavy atom. The molecule has 3 aromatic carbocycles. The van der Waals surface area contributed by atoms with E-state index in [1.807, 2.05) is 19.1 Å². The molecule has 1 atom stereocenters. The molecule has 37 heavy (non-hydrogen) atoms. The number of nitrogens with zero attached hydrogens (tertiary/aromatic N) is 1. The molecule has 11 heteroatoms. The van der Waals surface area contributed by atoms with Crippen LogP contribution in [0.15, 0.2) is 71.6 Å². The van der Waals surface area contributed by atoms with Crippen molar-refractivity contribution in [2.75, 3.05) is 17.5 Å². The first-order chi connectivity index (χ1) is 17.3. The lowest BCUT2D eigenvalue weighted by atomic mass is 10.2. The number of hydrogen-bond donors (Lipinski definition) is 1. The number of carbonyl (C=O) groups is 1. The Bertz CT molecular complexity index is 1360. The molecule has 0 saturated heterocycles. The summed E-state index contributed by atoms with van der Waals surface area (Å²) in [7, 11) is -4.41. The molecular weight excluding hydrogens is 529 g/mol. The maximum Gasteiger partial charge on any atom is 0.417 e. The van der Waals surface area contributed by atoms with Gasteiger partial charge in [-0.25, -0.2) is 8.42 Å². The van der Waals surface area contributed by atoms with Gasteiger partial charge < -0.3 is 10.1 Å². The lowest BCUT2D eigenvalue weighted by Gasteiger charge is -2.26. The van der Waals surface area contributed by atoms with Gasteiger partial charge in [-0.3, -0.25) is 9.10 Å². The van der Waals surface area contributed by atoms with E-state index < -0.39 is 45.3 Å². The van der Waals surface area contributed by atoms with Crippen LogP contribution in [0.4, 0.5) is 18.9 Å². The largest absolute Gasteiger partial charge is 0.491 e. The summed E-state index contributed by atoms with van der Waals surface area (Å²) in [5.41, 5.74) is 0.128. The van der Waals surface area contributed by atoms with Crippen molar-refractivity contribution in [3.8, 4) is 5.75 Å². The van der Waals surface area contributed by atoms with Gasteiger partial charge in [0.15, 0.2) is 0 Å². The number of carbonyl (C=O) groups excluding carboxylic acids is 1. The predicted octanol–water partition coefficient (Wildman–Crippen LogP) is 5.75. The monoisotopic (exact) mass is 554 g/mol. The van der Waals surface area contributed by atoms with Gasteiger partial charge in [0.05, 0.1) is 27.2 Å². The van der Waals surface area contributed by atoms with E-state index in [0.29, 0.717) is 16.1 Å². The van der Waals surface area contributed by atoms with E-state index in [2.05, 4.69) is 5.32 Å². The fourth-order valence-electron chi connectivity index (χ4n) is 3.46. The van der Waals surface area contributed by atoms with Crippen LogP contribution in [-0.4, -0.2) is 33.5 Å². The van der Waals surface area contributed by atoms with Gasteiger partial charge in [0.1, 0.15) is 18.9 Å². The zero-order valence-corrected chi connectivity index (χ0v) is 21.9. The fourth-order valence-corrected chi connectivity index (χ4v) is 5.10. The van der Waals surface area contributed by atoms with Crippen molar-refractivity contribution in [1.82, 2.24) is 5.32 Å². The molecule has 1 unspecified atom stereocenters. The molecule has 3 rings (SSSR count). The van der Waals surface area contributed by atoms with E-state index in [0.717, 1.165) is 23.3 Å². The van der Waals surface area contributed by atoms with E-state index in [4.69, 9.17) is 16.3 Å². The highest BCUT2D eigenvalue weighted by Gasteiger charge is 2.35. The third-order valence-electron chi connectivity index (χ3n) is 5.43. The van der Waals surface area contributed by atoms with Crippen LogP contribution in [-0.2, 0) is 21.0 Å². The third kappa shape index (κ3) is 7.17. The highest BCUT2D eigenvalue weighted by Crippen LogP contribution is 2.38. The normalized spacial score (nSPS) is 12.6. The van der Waals surface area contributed by atoms with Crippen molar-refractivity contribution >= 4 is 33.2 Å². The van der Waals surface area contributed by atoms with E-state index in [1.165, 1.54) is 12.1 Å². The van der Waals surface area contributed by atoms with Crippen LogP contribution < -0.4 is 14.4 Å². The Balaban J connectivity index is 1.87. The molecule has 0 aromatic heterocycles. The minimum atomic E-state index is -4.82. The van der Waals surface area contributed by atoms with Gasteiger partial charge in [-0.05, 0) is 62.7 Å². The second kappa shape index (κ2) is 11.4. The molecule has 0 saturated carbocycles. The standard InChI is InChI=1S/C26H26ClF3N2O4S/c1-17-8-11-21(12-9-17)37(34,35)32(20-10-13-23(27)22(14-20)26(28,29)30)15-25(33)31-19(3)16-36-24-7-5-4-6-18(24)2/h4-14,19H,15-16H2,1-3H3,(H,31,33). The molecule has 0 aliphatic rings. The van der Waals surface area contributed by atoms with E-state index in [-0.39, 0.29) is 17.2 Å². The van der Waals surface area contributed by atoms with Crippen LogP contribution in [0, 0.1) is 13.8 Å². The second-order valence-electron chi connectivity index (χ2n) is 8.53. The maximum atomic E-state index is 13.5. The summed E-state index contributed by atoms with van der Waals surface area (Å²) in [5, 5.41) is 2.05. The first kappa shape index (κ1) is 28.3. The lowest BCUT2D eigenvalue weighted by molar-refractivity contribution is -0.137. The number of amides is 1. The minimum Gasteiger partial charge on any atom is -0.491 e. The van der Waals surface area contributed by atoms with E-state index in [9.17, 15) is 26.4 Å². The topological polar surface area (TPSA) is 75.7 Å². The zero-order valence-electron chi connectivity index (χ0n) is 20.3. The van der Waals surface area contributed by atoms with Gasteiger partial charge in [0.2, 0.25) is 5.91 Å². The summed E-state index contributed by atoms with van der Waals surface area (Å²) < 4.78 is 73.8. The molecule has 0 radical (unpaired) electrons. The molecule has 1 amide bonds. The number of rotatable bonds is 9. The average Bonchev–Trinajstić information content (AvgIpc) is 2.82. The van der Waals surface area contributed by atoms with Crippen LogP contribution in [0.1, 0.15) is 23.6 Å². The second-order valence-corrected chi connectivity index (χ2v) is 10.8. The number of ether oxygens (including phenoxy) is 1. The molecule has 0 aliphatic carbocycles. The molecule has 3 aromatic rings. The summed E-state index contributed by atoms with van der Waals surface area (Å²) >= 11 is 5.72. The fraction of sp³-hybridized carbons (Fsp3) is 0.269. The first-order valence-corrected chi connectivity index (χ1v) is 13.0. The highest BCUT2D eigenvalue weighted by molar-refractivity contribution is 7.92. The van der Waals surface area contributed by atoms with Gasteiger partial charge in [-0.15, -0.1) is 0 Å². The smallest absolute Gasteiger partial charge is 0.417 e. The molecule has 0 bridgehead atoms. The molecular formula is C26H26ClF3N2O4S. The van der Waals surface area contributed by atoms with Gasteiger partial charge in [0.25, 0.3) is 10.0 Å². The van der Waals surface area contributed by atoms with Crippen LogP contribution >= 0.6 is 11.6 Å². The van der Waals surface area contributed by atoms with Crippen molar-refractivity contribution in [2.45, 2.75) is 37.9 Å². The van der Waals surface area contributed by atoms with Gasteiger partial charge in [-0.2, -0.15) is 13.2 Å². The number of hydrogen-bond acceptors (Lipinski definition) is 4. The first-order valence-electron chi connectivity index (χ1n) is 11.2. The molecule has 0 heterocycles. The van der Waals surface area contributed by atoms with Gasteiger partial charge in [0, 0.05) is 0 Å². The van der Waals surface area contributed by atoms with Crippen molar-refractivity contribution in [3.05, 3.63) is 88.4 Å². The summed E-state index contributed by atoms with van der Waals surface area (Å²) in [5.74, 6) is -0.0897. The molecule has 0 fully saturated rings. The van der Waals surface area contributed by atoms with Crippen LogP contribution in [0.3, 0.4) is 0 Å². The Morgan fingerprint density at radius 2 is 1.70 bits per heavy atom. The summed E-state index contributed by atoms with van der Waals surface area (Å²) in [6, 6.07) is 15.3. The molecule has 0 aliphatic heterocycles. The molecule has 198 valence electrons. The average molecular weight is 555 g/mol. The predicted molar refractivity (Wildman–Crippen MR) is 136 cm³/mol. The number of halogens is 4. The van der Waals surface area contributed by atoms with Crippen LogP contribution in [0.5, 0.6) is 5.75 Å². The number of para-hydroxylation sites is 1. The number of alkyl halides is 3. The molecule has 6 nitrogen and oxygen atoms in total. The van der Waals surface area contributed by atoms with E-state index >= 15 is 0 Å². The quantitative estimate of drug-likeness (QED) is 0.365. The van der Waals surface area contributed by atoms with Crippen molar-refractivity contribution in [2.24, 2.45) is 0 Å². The van der Waals surface area contributed by atoms with Gasteiger partial charge >= 0.3 is 6.18 Å². The number of sulfonamides is 1. The molecule has 1 N–H and O–H groups in total. The lowest BCUT2D eigenvalue weighted by Crippen LogP contribution is -2.45. The highest BCUT2D eigenvalue weighted by atomic mass is 35.5. The number of anilines is 1. The maximum absolute atomic E-state index is 13.5. The Kier molecular flexibility index (Phi) is 8.76.